The van der Waals surface area contributed by atoms with Crippen LogP contribution < -0.4 is 0 Å². The first kappa shape index (κ1) is 12.7. The molecule has 0 radical (unpaired) electrons. The van der Waals surface area contributed by atoms with E-state index in [0.717, 1.165) is 5.56 Å². The van der Waals surface area contributed by atoms with Crippen LogP contribution in [0.1, 0.15) is 26.8 Å². The van der Waals surface area contributed by atoms with Crippen molar-refractivity contribution in [1.82, 2.24) is 4.98 Å². The zero-order chi connectivity index (χ0) is 13.1. The van der Waals surface area contributed by atoms with Crippen LogP contribution in [-0.4, -0.2) is 10.8 Å². The number of rotatable bonds is 3. The number of nitriles is 1. The molecule has 0 N–H and O–H groups in total. The number of aryl methyl sites for hydroxylation is 1. The Morgan fingerprint density at radius 2 is 2.33 bits per heavy atom. The van der Waals surface area contributed by atoms with E-state index in [2.05, 4.69) is 4.98 Å². The van der Waals surface area contributed by atoms with Crippen LogP contribution in [0.3, 0.4) is 0 Å². The molecule has 0 aliphatic carbocycles. The minimum atomic E-state index is -0.901. The van der Waals surface area contributed by atoms with Crippen molar-refractivity contribution in [1.29, 1.82) is 5.26 Å². The van der Waals surface area contributed by atoms with Crippen molar-refractivity contribution in [3.8, 4) is 6.07 Å². The van der Waals surface area contributed by atoms with E-state index in [1.807, 2.05) is 18.4 Å². The van der Waals surface area contributed by atoms with Gasteiger partial charge in [0.1, 0.15) is 0 Å². The third-order valence-corrected chi connectivity index (χ3v) is 4.21. The molecule has 0 fully saturated rings. The molecule has 2 heterocycles. The molecule has 3 nitrogen and oxygen atoms in total. The largest absolute Gasteiger partial charge is 0.291 e. The van der Waals surface area contributed by atoms with Crippen LogP contribution in [0.15, 0.2) is 29.8 Å². The fraction of sp³-hybridized carbons (Fsp3) is 0.154. The normalized spacial score (nSPS) is 11.8. The Bertz CT molecular complexity index is 616. The number of halogens is 1. The summed E-state index contributed by atoms with van der Waals surface area (Å²) in [6, 6.07) is 7.15. The Kier molecular flexibility index (Phi) is 3.75. The molecule has 1 atom stereocenters. The third kappa shape index (κ3) is 2.28. The zero-order valence-electron chi connectivity index (χ0n) is 9.55. The smallest absolute Gasteiger partial charge is 0.197 e. The molecule has 0 amide bonds. The topological polar surface area (TPSA) is 53.8 Å². The van der Waals surface area contributed by atoms with Crippen molar-refractivity contribution in [2.24, 2.45) is 0 Å². The Hall–Kier alpha value is -1.70. The number of hydrogen-bond acceptors (Lipinski definition) is 4. The summed E-state index contributed by atoms with van der Waals surface area (Å²) in [6.45, 7) is 1.83. The summed E-state index contributed by atoms with van der Waals surface area (Å²) in [4.78, 5) is 16.7. The first-order chi connectivity index (χ1) is 8.65. The lowest BCUT2D eigenvalue weighted by Crippen LogP contribution is -2.11. The average Bonchev–Trinajstić information content (AvgIpc) is 2.72. The van der Waals surface area contributed by atoms with Crippen molar-refractivity contribution in [2.45, 2.75) is 12.8 Å². The van der Waals surface area contributed by atoms with Crippen molar-refractivity contribution < 1.29 is 4.79 Å². The van der Waals surface area contributed by atoms with Gasteiger partial charge in [-0.05, 0) is 30.0 Å². The summed E-state index contributed by atoms with van der Waals surface area (Å²) in [5.41, 5.74) is 1.30. The first-order valence-electron chi connectivity index (χ1n) is 5.23. The van der Waals surface area contributed by atoms with E-state index in [9.17, 15) is 4.79 Å². The molecular formula is C13H9ClN2OS. The van der Waals surface area contributed by atoms with Crippen LogP contribution in [0.5, 0.6) is 0 Å². The second-order valence-electron chi connectivity index (χ2n) is 3.74. The predicted molar refractivity (Wildman–Crippen MR) is 71.0 cm³/mol. The maximum atomic E-state index is 12.3. The summed E-state index contributed by atoms with van der Waals surface area (Å²) < 4.78 is 0. The van der Waals surface area contributed by atoms with Gasteiger partial charge in [-0.1, -0.05) is 17.7 Å². The van der Waals surface area contributed by atoms with Gasteiger partial charge in [-0.3, -0.25) is 9.78 Å². The third-order valence-electron chi connectivity index (χ3n) is 2.50. The predicted octanol–water partition coefficient (Wildman–Crippen LogP) is 3.60. The van der Waals surface area contributed by atoms with Crippen molar-refractivity contribution in [3.63, 3.8) is 0 Å². The highest BCUT2D eigenvalue weighted by Gasteiger charge is 2.26. The van der Waals surface area contributed by atoms with Crippen LogP contribution >= 0.6 is 22.9 Å². The number of carbonyl (C=O) groups is 1. The highest BCUT2D eigenvalue weighted by molar-refractivity contribution is 7.13. The number of pyridine rings is 1. The highest BCUT2D eigenvalue weighted by atomic mass is 35.5. The van der Waals surface area contributed by atoms with Gasteiger partial charge in [-0.2, -0.15) is 5.26 Å². The number of Topliss-reactive ketones (excluding diaryl/α,β-unsaturated/α-hetero) is 1. The molecule has 0 aromatic carbocycles. The Morgan fingerprint density at radius 3 is 2.83 bits per heavy atom. The number of nitrogens with zero attached hydrogens (tertiary/aromatic N) is 2. The molecule has 2 rings (SSSR count). The molecule has 0 saturated carbocycles. The summed E-state index contributed by atoms with van der Waals surface area (Å²) in [7, 11) is 0. The Morgan fingerprint density at radius 1 is 1.56 bits per heavy atom. The summed E-state index contributed by atoms with van der Waals surface area (Å²) >= 11 is 7.31. The molecule has 5 heteroatoms. The van der Waals surface area contributed by atoms with E-state index >= 15 is 0 Å². The lowest BCUT2D eigenvalue weighted by molar-refractivity contribution is 0.0981. The maximum absolute atomic E-state index is 12.3. The number of carbonyl (C=O) groups excluding carboxylic acids is 1. The molecule has 0 saturated heterocycles. The second-order valence-corrected chi connectivity index (χ2v) is 5.00. The lowest BCUT2D eigenvalue weighted by atomic mass is 10.00. The first-order valence-corrected chi connectivity index (χ1v) is 6.49. The molecule has 2 aromatic heterocycles. The van der Waals surface area contributed by atoms with Gasteiger partial charge in [0.05, 0.1) is 21.7 Å². The fourth-order valence-electron chi connectivity index (χ4n) is 1.53. The molecule has 0 aliphatic rings. The van der Waals surface area contributed by atoms with E-state index in [0.29, 0.717) is 15.6 Å². The van der Waals surface area contributed by atoms with Gasteiger partial charge in [0.2, 0.25) is 0 Å². The van der Waals surface area contributed by atoms with E-state index in [1.54, 1.807) is 24.4 Å². The molecule has 2 aromatic rings. The molecule has 0 spiro atoms. The number of thiophene rings is 1. The zero-order valence-corrected chi connectivity index (χ0v) is 11.1. The quantitative estimate of drug-likeness (QED) is 0.805. The van der Waals surface area contributed by atoms with Gasteiger partial charge < -0.3 is 0 Å². The van der Waals surface area contributed by atoms with Crippen LogP contribution in [0.4, 0.5) is 0 Å². The van der Waals surface area contributed by atoms with Gasteiger partial charge >= 0.3 is 0 Å². The minimum absolute atomic E-state index is 0.292. The molecule has 0 bridgehead atoms. The van der Waals surface area contributed by atoms with Gasteiger partial charge in [-0.15, -0.1) is 11.3 Å². The van der Waals surface area contributed by atoms with Crippen LogP contribution in [-0.2, 0) is 0 Å². The molecule has 1 unspecified atom stereocenters. The number of hydrogen-bond donors (Lipinski definition) is 0. The SMILES string of the molecule is Cc1csc(C(=O)C(C#N)c2ccccn2)c1Cl. The van der Waals surface area contributed by atoms with Crippen molar-refractivity contribution in [3.05, 3.63) is 50.9 Å². The minimum Gasteiger partial charge on any atom is -0.291 e. The number of ketones is 1. The van der Waals surface area contributed by atoms with E-state index in [-0.39, 0.29) is 5.78 Å². The summed E-state index contributed by atoms with van der Waals surface area (Å²) in [5.74, 6) is -1.19. The molecule has 90 valence electrons. The highest BCUT2D eigenvalue weighted by Crippen LogP contribution is 2.31. The van der Waals surface area contributed by atoms with E-state index in [1.165, 1.54) is 11.3 Å². The second kappa shape index (κ2) is 5.30. The van der Waals surface area contributed by atoms with Crippen LogP contribution in [0.2, 0.25) is 5.02 Å². The molecule has 18 heavy (non-hydrogen) atoms. The average molecular weight is 277 g/mol. The Balaban J connectivity index is 2.39. The van der Waals surface area contributed by atoms with E-state index in [4.69, 9.17) is 16.9 Å². The monoisotopic (exact) mass is 276 g/mol. The van der Waals surface area contributed by atoms with E-state index < -0.39 is 5.92 Å². The van der Waals surface area contributed by atoms with Crippen molar-refractivity contribution in [2.75, 3.05) is 0 Å². The number of aromatic nitrogens is 1. The summed E-state index contributed by atoms with van der Waals surface area (Å²) in [6.07, 6.45) is 1.56. The lowest BCUT2D eigenvalue weighted by Gasteiger charge is -2.06. The van der Waals surface area contributed by atoms with Crippen molar-refractivity contribution >= 4 is 28.7 Å². The molecular weight excluding hydrogens is 268 g/mol. The summed E-state index contributed by atoms with van der Waals surface area (Å²) in [5, 5.41) is 11.4. The molecule has 0 aliphatic heterocycles. The van der Waals surface area contributed by atoms with Crippen LogP contribution in [0, 0.1) is 18.3 Å². The fourth-order valence-corrected chi connectivity index (χ4v) is 2.79. The van der Waals surface area contributed by atoms with Crippen LogP contribution in [0.25, 0.3) is 0 Å². The Labute approximate surface area is 114 Å². The standard InChI is InChI=1S/C13H9ClN2OS/c1-8-7-18-13(11(8)14)12(17)9(6-15)10-4-2-3-5-16-10/h2-5,7,9H,1H3. The van der Waals surface area contributed by atoms with Gasteiger partial charge in [0, 0.05) is 6.20 Å². The maximum Gasteiger partial charge on any atom is 0.197 e. The van der Waals surface area contributed by atoms with Gasteiger partial charge in [0.15, 0.2) is 11.7 Å². The van der Waals surface area contributed by atoms with Gasteiger partial charge in [0.25, 0.3) is 0 Å². The van der Waals surface area contributed by atoms with Gasteiger partial charge in [-0.25, -0.2) is 0 Å².